The van der Waals surface area contributed by atoms with Crippen molar-refractivity contribution in [3.63, 3.8) is 0 Å². The van der Waals surface area contributed by atoms with Gasteiger partial charge in [-0.05, 0) is 6.92 Å². The second-order valence-electron chi connectivity index (χ2n) is 2.11. The van der Waals surface area contributed by atoms with Crippen molar-refractivity contribution >= 4 is 22.7 Å². The summed E-state index contributed by atoms with van der Waals surface area (Å²) in [6, 6.07) is 1.98. The van der Waals surface area contributed by atoms with Crippen molar-refractivity contribution in [2.24, 2.45) is 0 Å². The zero-order chi connectivity index (χ0) is 9.68. The van der Waals surface area contributed by atoms with Gasteiger partial charge in [0.2, 0.25) is 6.41 Å². The molecule has 4 nitrogen and oxygen atoms in total. The molecule has 1 aromatic rings. The highest BCUT2D eigenvalue weighted by Gasteiger charge is 2.11. The average Bonchev–Trinajstić information content (AvgIpc) is 2.49. The zero-order valence-electron chi connectivity index (χ0n) is 7.03. The molecule has 0 atom stereocenters. The lowest BCUT2D eigenvalue weighted by Gasteiger charge is -1.99. The van der Waals surface area contributed by atoms with Gasteiger partial charge in [-0.3, -0.25) is 4.79 Å². The number of rotatable bonds is 4. The van der Waals surface area contributed by atoms with Gasteiger partial charge in [-0.1, -0.05) is 0 Å². The van der Waals surface area contributed by atoms with E-state index in [0.29, 0.717) is 29.3 Å². The molecule has 68 valence electrons. The molecule has 1 heterocycles. The molecule has 0 bridgehead atoms. The number of thiophene rings is 1. The van der Waals surface area contributed by atoms with Gasteiger partial charge in [0.25, 0.3) is 0 Å². The van der Waals surface area contributed by atoms with E-state index in [-0.39, 0.29) is 0 Å². The van der Waals surface area contributed by atoms with Crippen LogP contribution in [0.4, 0.5) is 5.00 Å². The van der Waals surface area contributed by atoms with Crippen molar-refractivity contribution in [3.8, 4) is 11.8 Å². The van der Waals surface area contributed by atoms with E-state index >= 15 is 0 Å². The van der Waals surface area contributed by atoms with Crippen LogP contribution in [0.25, 0.3) is 0 Å². The highest BCUT2D eigenvalue weighted by atomic mass is 32.1. The third-order valence-electron chi connectivity index (χ3n) is 1.36. The van der Waals surface area contributed by atoms with Gasteiger partial charge in [-0.15, -0.1) is 11.3 Å². The van der Waals surface area contributed by atoms with Gasteiger partial charge < -0.3 is 10.1 Å². The SMILES string of the molecule is CCOc1csc(NC=O)c1C#N. The van der Waals surface area contributed by atoms with Gasteiger partial charge in [0.15, 0.2) is 0 Å². The third-order valence-corrected chi connectivity index (χ3v) is 2.25. The van der Waals surface area contributed by atoms with Crippen LogP contribution in [0.5, 0.6) is 5.75 Å². The summed E-state index contributed by atoms with van der Waals surface area (Å²) in [5, 5.41) is 13.4. The van der Waals surface area contributed by atoms with Crippen LogP contribution in [0.15, 0.2) is 5.38 Å². The van der Waals surface area contributed by atoms with Crippen LogP contribution in [0, 0.1) is 11.3 Å². The summed E-state index contributed by atoms with van der Waals surface area (Å²) in [6.07, 6.45) is 0.544. The van der Waals surface area contributed by atoms with E-state index in [9.17, 15) is 4.79 Å². The summed E-state index contributed by atoms with van der Waals surface area (Å²) in [4.78, 5) is 10.2. The van der Waals surface area contributed by atoms with Gasteiger partial charge in [-0.2, -0.15) is 5.26 Å². The minimum absolute atomic E-state index is 0.388. The summed E-state index contributed by atoms with van der Waals surface area (Å²) in [5.74, 6) is 0.527. The Hall–Kier alpha value is -1.54. The Bertz CT molecular complexity index is 340. The van der Waals surface area contributed by atoms with E-state index in [0.717, 1.165) is 0 Å². The Kier molecular flexibility index (Phi) is 3.29. The number of nitrogens with one attached hydrogen (secondary N) is 1. The molecule has 5 heteroatoms. The molecule has 0 spiro atoms. The summed E-state index contributed by atoms with van der Waals surface area (Å²) >= 11 is 1.28. The zero-order valence-corrected chi connectivity index (χ0v) is 7.85. The molecule has 0 aliphatic rings. The predicted molar refractivity (Wildman–Crippen MR) is 49.9 cm³/mol. The van der Waals surface area contributed by atoms with Crippen LogP contribution in [0.3, 0.4) is 0 Å². The van der Waals surface area contributed by atoms with Crippen molar-refractivity contribution in [3.05, 3.63) is 10.9 Å². The molecule has 0 aliphatic heterocycles. The molecule has 0 fully saturated rings. The van der Waals surface area contributed by atoms with Crippen LogP contribution in [-0.4, -0.2) is 13.0 Å². The molecule has 0 saturated carbocycles. The van der Waals surface area contributed by atoms with Gasteiger partial charge in [-0.25, -0.2) is 0 Å². The van der Waals surface area contributed by atoms with Crippen molar-refractivity contribution < 1.29 is 9.53 Å². The molecule has 13 heavy (non-hydrogen) atoms. The Morgan fingerprint density at radius 2 is 2.62 bits per heavy atom. The maximum absolute atomic E-state index is 10.2. The second-order valence-corrected chi connectivity index (χ2v) is 2.99. The van der Waals surface area contributed by atoms with Crippen molar-refractivity contribution in [1.82, 2.24) is 0 Å². The molecule has 0 radical (unpaired) electrons. The van der Waals surface area contributed by atoms with Gasteiger partial charge in [0, 0.05) is 5.38 Å². The lowest BCUT2D eigenvalue weighted by Crippen LogP contribution is -1.95. The van der Waals surface area contributed by atoms with Crippen molar-refractivity contribution in [2.45, 2.75) is 6.92 Å². The topological polar surface area (TPSA) is 62.1 Å². The van der Waals surface area contributed by atoms with Crippen molar-refractivity contribution in [2.75, 3.05) is 11.9 Å². The number of carbonyl (C=O) groups excluding carboxylic acids is 1. The number of hydrogen-bond donors (Lipinski definition) is 1. The molecular weight excluding hydrogens is 188 g/mol. The quantitative estimate of drug-likeness (QED) is 0.744. The first-order chi connectivity index (χ1) is 6.33. The van der Waals surface area contributed by atoms with E-state index in [4.69, 9.17) is 10.00 Å². The molecule has 0 unspecified atom stereocenters. The largest absolute Gasteiger partial charge is 0.492 e. The van der Waals surface area contributed by atoms with Crippen LogP contribution in [0.2, 0.25) is 0 Å². The smallest absolute Gasteiger partial charge is 0.212 e. The monoisotopic (exact) mass is 196 g/mol. The molecule has 1 aromatic heterocycles. The lowest BCUT2D eigenvalue weighted by molar-refractivity contribution is -0.105. The Balaban J connectivity index is 2.97. The number of amides is 1. The fourth-order valence-corrected chi connectivity index (χ4v) is 1.66. The van der Waals surface area contributed by atoms with E-state index in [2.05, 4.69) is 5.32 Å². The van der Waals surface area contributed by atoms with Gasteiger partial charge >= 0.3 is 0 Å². The number of nitriles is 1. The van der Waals surface area contributed by atoms with E-state index in [1.165, 1.54) is 11.3 Å². The predicted octanol–water partition coefficient (Wildman–Crippen LogP) is 1.59. The maximum atomic E-state index is 10.2. The number of anilines is 1. The number of hydrogen-bond acceptors (Lipinski definition) is 4. The van der Waals surface area contributed by atoms with E-state index < -0.39 is 0 Å². The fourth-order valence-electron chi connectivity index (χ4n) is 0.869. The van der Waals surface area contributed by atoms with Crippen LogP contribution >= 0.6 is 11.3 Å². The molecule has 1 amide bonds. The van der Waals surface area contributed by atoms with Gasteiger partial charge in [0.1, 0.15) is 22.4 Å². The molecule has 0 saturated heterocycles. The van der Waals surface area contributed by atoms with E-state index in [1.807, 2.05) is 13.0 Å². The first kappa shape index (κ1) is 9.55. The normalized spacial score (nSPS) is 8.92. The third kappa shape index (κ3) is 1.98. The van der Waals surface area contributed by atoms with Crippen LogP contribution in [-0.2, 0) is 4.79 Å². The minimum atomic E-state index is 0.388. The standard InChI is InChI=1S/C8H8N2O2S/c1-2-12-7-4-13-8(10-5-11)6(7)3-9/h4-5H,2H2,1H3,(H,10,11). The first-order valence-corrected chi connectivity index (χ1v) is 4.56. The van der Waals surface area contributed by atoms with Crippen molar-refractivity contribution in [1.29, 1.82) is 5.26 Å². The first-order valence-electron chi connectivity index (χ1n) is 3.68. The fraction of sp³-hybridized carbons (Fsp3) is 0.250. The Labute approximate surface area is 79.7 Å². The summed E-state index contributed by atoms with van der Waals surface area (Å²) in [6.45, 7) is 2.34. The molecule has 1 rings (SSSR count). The molecule has 0 aromatic carbocycles. The summed E-state index contributed by atoms with van der Waals surface area (Å²) < 4.78 is 5.19. The highest BCUT2D eigenvalue weighted by molar-refractivity contribution is 7.14. The molecule has 1 N–H and O–H groups in total. The average molecular weight is 196 g/mol. The van der Waals surface area contributed by atoms with E-state index in [1.54, 1.807) is 5.38 Å². The number of carbonyl (C=O) groups is 1. The van der Waals surface area contributed by atoms with Gasteiger partial charge in [0.05, 0.1) is 6.61 Å². The molecule has 0 aliphatic carbocycles. The lowest BCUT2D eigenvalue weighted by atomic mass is 10.3. The van der Waals surface area contributed by atoms with Crippen LogP contribution in [0.1, 0.15) is 12.5 Å². The minimum Gasteiger partial charge on any atom is -0.492 e. The maximum Gasteiger partial charge on any atom is 0.212 e. The Morgan fingerprint density at radius 1 is 1.85 bits per heavy atom. The van der Waals surface area contributed by atoms with Crippen LogP contribution < -0.4 is 10.1 Å². The number of ether oxygens (including phenoxy) is 1. The highest BCUT2D eigenvalue weighted by Crippen LogP contribution is 2.32. The Morgan fingerprint density at radius 3 is 3.15 bits per heavy atom. The molecular formula is C8H8N2O2S. The second kappa shape index (κ2) is 4.48. The summed E-state index contributed by atoms with van der Waals surface area (Å²) in [5.41, 5.74) is 0.388. The number of nitrogens with zero attached hydrogens (tertiary/aromatic N) is 1. The summed E-state index contributed by atoms with van der Waals surface area (Å²) in [7, 11) is 0.